The van der Waals surface area contributed by atoms with Crippen molar-refractivity contribution in [2.45, 2.75) is 39.7 Å². The summed E-state index contributed by atoms with van der Waals surface area (Å²) in [5, 5.41) is 14.0. The number of nitrogens with one attached hydrogen (secondary N) is 1. The Labute approximate surface area is 154 Å². The Hall–Kier alpha value is -2.35. The highest BCUT2D eigenvalue weighted by Crippen LogP contribution is 2.34. The summed E-state index contributed by atoms with van der Waals surface area (Å²) in [6, 6.07) is 2.89. The van der Waals surface area contributed by atoms with Crippen molar-refractivity contribution in [2.75, 3.05) is 27.4 Å². The van der Waals surface area contributed by atoms with E-state index in [1.807, 2.05) is 0 Å². The van der Waals surface area contributed by atoms with E-state index in [-0.39, 0.29) is 18.1 Å². The zero-order valence-electron chi connectivity index (χ0n) is 16.0. The van der Waals surface area contributed by atoms with Crippen LogP contribution in [0.1, 0.15) is 32.8 Å². The van der Waals surface area contributed by atoms with E-state index >= 15 is 0 Å². The third kappa shape index (κ3) is 6.51. The summed E-state index contributed by atoms with van der Waals surface area (Å²) in [5.74, 6) is 0.969. The van der Waals surface area contributed by atoms with Crippen LogP contribution in [0.2, 0.25) is 0 Å². The molecule has 146 valence electrons. The molecular weight excluding hydrogens is 340 g/mol. The molecule has 1 aromatic carbocycles. The summed E-state index contributed by atoms with van der Waals surface area (Å²) in [6.45, 7) is 6.64. The van der Waals surface area contributed by atoms with Crippen molar-refractivity contribution in [1.82, 2.24) is 5.32 Å². The van der Waals surface area contributed by atoms with Crippen LogP contribution in [0.25, 0.3) is 0 Å². The summed E-state index contributed by atoms with van der Waals surface area (Å²) < 4.78 is 15.8. The van der Waals surface area contributed by atoms with Crippen LogP contribution < -0.4 is 14.8 Å². The van der Waals surface area contributed by atoms with Crippen molar-refractivity contribution >= 4 is 11.6 Å². The molecule has 0 aliphatic rings. The Morgan fingerprint density at radius 3 is 2.35 bits per heavy atom. The zero-order valence-corrected chi connectivity index (χ0v) is 16.0. The van der Waals surface area contributed by atoms with E-state index in [0.29, 0.717) is 36.0 Å². The van der Waals surface area contributed by atoms with E-state index in [0.717, 1.165) is 6.42 Å². The molecule has 0 bridgehead atoms. The number of carbonyl (C=O) groups is 1. The first-order chi connectivity index (χ1) is 12.3. The number of hydrogen-bond donors (Lipinski definition) is 1. The van der Waals surface area contributed by atoms with Gasteiger partial charge >= 0.3 is 0 Å². The lowest BCUT2D eigenvalue weighted by Crippen LogP contribution is -2.36. The second-order valence-corrected chi connectivity index (χ2v) is 6.33. The standard InChI is InChI=1S/C18H28N2O6/c1-12(2)7-9-26-13(3)18(21)19-8-6-14-10-16(24-4)17(25-5)11-15(14)20(22)23/h10-13H,6-9H2,1-5H3,(H,19,21). The van der Waals surface area contributed by atoms with Crippen LogP contribution in [0.4, 0.5) is 5.69 Å². The fourth-order valence-corrected chi connectivity index (χ4v) is 2.30. The molecule has 0 heterocycles. The average molecular weight is 368 g/mol. The summed E-state index contributed by atoms with van der Waals surface area (Å²) in [5.41, 5.74) is 0.388. The smallest absolute Gasteiger partial charge is 0.276 e. The van der Waals surface area contributed by atoms with Crippen LogP contribution in [0, 0.1) is 16.0 Å². The van der Waals surface area contributed by atoms with Gasteiger partial charge in [-0.1, -0.05) is 13.8 Å². The Morgan fingerprint density at radius 1 is 1.19 bits per heavy atom. The molecular formula is C18H28N2O6. The first-order valence-corrected chi connectivity index (χ1v) is 8.58. The van der Waals surface area contributed by atoms with Gasteiger partial charge in [0.15, 0.2) is 11.5 Å². The van der Waals surface area contributed by atoms with E-state index in [2.05, 4.69) is 19.2 Å². The Balaban J connectivity index is 2.66. The van der Waals surface area contributed by atoms with Crippen molar-refractivity contribution < 1.29 is 23.9 Å². The highest BCUT2D eigenvalue weighted by atomic mass is 16.6. The number of hydrogen-bond acceptors (Lipinski definition) is 6. The van der Waals surface area contributed by atoms with Crippen LogP contribution in [0.3, 0.4) is 0 Å². The van der Waals surface area contributed by atoms with Gasteiger partial charge in [-0.2, -0.15) is 0 Å². The van der Waals surface area contributed by atoms with E-state index in [1.54, 1.807) is 13.0 Å². The van der Waals surface area contributed by atoms with E-state index < -0.39 is 11.0 Å². The highest BCUT2D eigenvalue weighted by Gasteiger charge is 2.20. The van der Waals surface area contributed by atoms with Crippen molar-refractivity contribution in [3.05, 3.63) is 27.8 Å². The lowest BCUT2D eigenvalue weighted by molar-refractivity contribution is -0.385. The van der Waals surface area contributed by atoms with E-state index in [1.165, 1.54) is 20.3 Å². The monoisotopic (exact) mass is 368 g/mol. The number of nitro groups is 1. The minimum atomic E-state index is -0.561. The number of ether oxygens (including phenoxy) is 3. The predicted molar refractivity (Wildman–Crippen MR) is 97.8 cm³/mol. The minimum absolute atomic E-state index is 0.0712. The topological polar surface area (TPSA) is 99.9 Å². The zero-order chi connectivity index (χ0) is 19.7. The fourth-order valence-electron chi connectivity index (χ4n) is 2.30. The largest absolute Gasteiger partial charge is 0.493 e. The normalized spacial score (nSPS) is 11.9. The van der Waals surface area contributed by atoms with Gasteiger partial charge in [-0.25, -0.2) is 0 Å². The summed E-state index contributed by atoms with van der Waals surface area (Å²) >= 11 is 0. The molecule has 8 nitrogen and oxygen atoms in total. The maximum Gasteiger partial charge on any atom is 0.276 e. The molecule has 0 spiro atoms. The van der Waals surface area contributed by atoms with Crippen LogP contribution in [-0.4, -0.2) is 44.3 Å². The molecule has 0 aromatic heterocycles. The molecule has 8 heteroatoms. The van der Waals surface area contributed by atoms with E-state index in [4.69, 9.17) is 14.2 Å². The molecule has 0 radical (unpaired) electrons. The fraction of sp³-hybridized carbons (Fsp3) is 0.611. The van der Waals surface area contributed by atoms with Gasteiger partial charge in [0.2, 0.25) is 5.91 Å². The van der Waals surface area contributed by atoms with E-state index in [9.17, 15) is 14.9 Å². The molecule has 0 aliphatic carbocycles. The summed E-state index contributed by atoms with van der Waals surface area (Å²) in [7, 11) is 2.88. The lowest BCUT2D eigenvalue weighted by Gasteiger charge is -2.15. The second-order valence-electron chi connectivity index (χ2n) is 6.33. The van der Waals surface area contributed by atoms with Crippen LogP contribution in [-0.2, 0) is 16.0 Å². The molecule has 1 unspecified atom stereocenters. The van der Waals surface area contributed by atoms with Crippen LogP contribution in [0.15, 0.2) is 12.1 Å². The number of carbonyl (C=O) groups excluding carboxylic acids is 1. The molecule has 1 rings (SSSR count). The third-order valence-corrected chi connectivity index (χ3v) is 3.91. The second kappa shape index (κ2) is 10.6. The summed E-state index contributed by atoms with van der Waals surface area (Å²) in [6.07, 6.45) is 0.616. The number of nitrogens with zero attached hydrogens (tertiary/aromatic N) is 1. The number of methoxy groups -OCH3 is 2. The Bertz CT molecular complexity index is 618. The highest BCUT2D eigenvalue weighted by molar-refractivity contribution is 5.80. The molecule has 1 aromatic rings. The minimum Gasteiger partial charge on any atom is -0.493 e. The number of nitro benzene ring substituents is 1. The van der Waals surface area contributed by atoms with Gasteiger partial charge in [-0.05, 0) is 31.7 Å². The SMILES string of the molecule is COc1cc(CCNC(=O)C(C)OCCC(C)C)c([N+](=O)[O-])cc1OC. The number of benzene rings is 1. The lowest BCUT2D eigenvalue weighted by atomic mass is 10.1. The molecule has 0 saturated heterocycles. The number of amides is 1. The number of rotatable bonds is 11. The van der Waals surface area contributed by atoms with Gasteiger partial charge in [0.05, 0.1) is 25.2 Å². The first kappa shape index (κ1) is 21.7. The first-order valence-electron chi connectivity index (χ1n) is 8.58. The molecule has 26 heavy (non-hydrogen) atoms. The van der Waals surface area contributed by atoms with Gasteiger partial charge in [0.1, 0.15) is 6.10 Å². The molecule has 1 atom stereocenters. The predicted octanol–water partition coefficient (Wildman–Crippen LogP) is 2.72. The molecule has 1 N–H and O–H groups in total. The maximum absolute atomic E-state index is 12.0. The Kier molecular flexibility index (Phi) is 8.84. The average Bonchev–Trinajstić information content (AvgIpc) is 2.60. The maximum atomic E-state index is 12.0. The van der Waals surface area contributed by atoms with Crippen LogP contribution >= 0.6 is 0 Å². The van der Waals surface area contributed by atoms with Crippen molar-refractivity contribution in [3.8, 4) is 11.5 Å². The Morgan fingerprint density at radius 2 is 1.81 bits per heavy atom. The van der Waals surface area contributed by atoms with Crippen molar-refractivity contribution in [1.29, 1.82) is 0 Å². The van der Waals surface area contributed by atoms with Gasteiger partial charge in [-0.15, -0.1) is 0 Å². The van der Waals surface area contributed by atoms with Gasteiger partial charge in [0.25, 0.3) is 5.69 Å². The van der Waals surface area contributed by atoms with Gasteiger partial charge in [0, 0.05) is 18.7 Å². The van der Waals surface area contributed by atoms with Crippen molar-refractivity contribution in [3.63, 3.8) is 0 Å². The molecule has 0 saturated carbocycles. The third-order valence-electron chi connectivity index (χ3n) is 3.91. The van der Waals surface area contributed by atoms with Gasteiger partial charge < -0.3 is 19.5 Å². The quantitative estimate of drug-likeness (QED) is 0.476. The van der Waals surface area contributed by atoms with Crippen LogP contribution in [0.5, 0.6) is 11.5 Å². The van der Waals surface area contributed by atoms with Gasteiger partial charge in [-0.3, -0.25) is 14.9 Å². The molecule has 0 aliphatic heterocycles. The summed E-state index contributed by atoms with van der Waals surface area (Å²) in [4.78, 5) is 22.8. The molecule has 1 amide bonds. The van der Waals surface area contributed by atoms with Crippen molar-refractivity contribution in [2.24, 2.45) is 5.92 Å². The molecule has 0 fully saturated rings.